The average Bonchev–Trinajstić information content (AvgIpc) is 2.48. The fourth-order valence-corrected chi connectivity index (χ4v) is 2.64. The Morgan fingerprint density at radius 2 is 2.38 bits per heavy atom. The van der Waals surface area contributed by atoms with Crippen molar-refractivity contribution in [2.45, 2.75) is 4.90 Å². The number of nitro groups is 1. The molecule has 0 aromatic heterocycles. The molecule has 0 amide bonds. The number of benzene rings is 1. The van der Waals surface area contributed by atoms with E-state index in [1.807, 2.05) is 0 Å². The van der Waals surface area contributed by atoms with Crippen LogP contribution in [0.5, 0.6) is 0 Å². The highest BCUT2D eigenvalue weighted by atomic mass is 79.9. The molecule has 4 nitrogen and oxygen atoms in total. The van der Waals surface area contributed by atoms with Crippen LogP contribution in [-0.2, 0) is 0 Å². The van der Waals surface area contributed by atoms with E-state index in [2.05, 4.69) is 21.2 Å². The molecule has 1 aliphatic heterocycles. The number of rotatable bonds is 1. The molecule has 0 radical (unpaired) electrons. The zero-order valence-corrected chi connectivity index (χ0v) is 8.81. The maximum Gasteiger partial charge on any atom is 0.285 e. The average molecular weight is 261 g/mol. The van der Waals surface area contributed by atoms with E-state index in [0.717, 1.165) is 16.5 Å². The van der Waals surface area contributed by atoms with E-state index in [9.17, 15) is 10.1 Å². The third-order valence-electron chi connectivity index (χ3n) is 1.74. The van der Waals surface area contributed by atoms with Gasteiger partial charge >= 0.3 is 0 Å². The summed E-state index contributed by atoms with van der Waals surface area (Å²) in [6.45, 7) is 0. The minimum atomic E-state index is -0.394. The molecule has 0 spiro atoms. The zero-order chi connectivity index (χ0) is 9.42. The minimum Gasteiger partial charge on any atom is -0.375 e. The second kappa shape index (κ2) is 3.19. The van der Waals surface area contributed by atoms with Crippen molar-refractivity contribution in [1.29, 1.82) is 0 Å². The molecule has 0 unspecified atom stereocenters. The molecule has 2 rings (SSSR count). The summed E-state index contributed by atoms with van der Waals surface area (Å²) in [7, 11) is 0. The zero-order valence-electron chi connectivity index (χ0n) is 6.41. The molecular weight excluding hydrogens is 256 g/mol. The summed E-state index contributed by atoms with van der Waals surface area (Å²) >= 11 is 4.81. The highest BCUT2D eigenvalue weighted by molar-refractivity contribution is 9.10. The van der Waals surface area contributed by atoms with Gasteiger partial charge in [-0.25, -0.2) is 0 Å². The van der Waals surface area contributed by atoms with Crippen molar-refractivity contribution in [3.05, 3.63) is 26.7 Å². The summed E-state index contributed by atoms with van der Waals surface area (Å²) in [5, 5.41) is 13.6. The van der Waals surface area contributed by atoms with E-state index in [-0.39, 0.29) is 5.69 Å². The predicted octanol–water partition coefficient (Wildman–Crippen LogP) is 2.83. The van der Waals surface area contributed by atoms with E-state index in [0.29, 0.717) is 4.47 Å². The van der Waals surface area contributed by atoms with Crippen molar-refractivity contribution in [2.75, 3.05) is 11.2 Å². The number of anilines is 1. The molecule has 1 aromatic rings. The van der Waals surface area contributed by atoms with Crippen molar-refractivity contribution in [1.82, 2.24) is 0 Å². The molecule has 6 heteroatoms. The van der Waals surface area contributed by atoms with Crippen LogP contribution in [-0.4, -0.2) is 10.8 Å². The van der Waals surface area contributed by atoms with Crippen LogP contribution in [0.2, 0.25) is 0 Å². The molecule has 0 fully saturated rings. The number of thioether (sulfide) groups is 1. The van der Waals surface area contributed by atoms with Gasteiger partial charge in [0.15, 0.2) is 0 Å². The lowest BCUT2D eigenvalue weighted by atomic mass is 10.3. The summed E-state index contributed by atoms with van der Waals surface area (Å²) in [5.41, 5.74) is 0.952. The van der Waals surface area contributed by atoms with E-state index < -0.39 is 4.92 Å². The summed E-state index contributed by atoms with van der Waals surface area (Å²) < 4.78 is 0.535. The van der Waals surface area contributed by atoms with Crippen molar-refractivity contribution in [2.24, 2.45) is 0 Å². The Morgan fingerprint density at radius 3 is 3.08 bits per heavy atom. The smallest absolute Gasteiger partial charge is 0.285 e. The van der Waals surface area contributed by atoms with Crippen molar-refractivity contribution in [3.8, 4) is 0 Å². The largest absolute Gasteiger partial charge is 0.375 e. The fourth-order valence-electron chi connectivity index (χ4n) is 1.13. The standard InChI is InChI=1S/C7H5BrN2O2S/c8-4-1-7-5(9-3-13-7)2-6(4)10(11)12/h1-2,9H,3H2. The summed E-state index contributed by atoms with van der Waals surface area (Å²) in [6, 6.07) is 3.33. The third kappa shape index (κ3) is 1.51. The molecule has 0 saturated heterocycles. The van der Waals surface area contributed by atoms with E-state index >= 15 is 0 Å². The highest BCUT2D eigenvalue weighted by Crippen LogP contribution is 2.40. The normalized spacial score (nSPS) is 13.6. The number of nitrogens with zero attached hydrogens (tertiary/aromatic N) is 1. The number of fused-ring (bicyclic) bond motifs is 1. The monoisotopic (exact) mass is 260 g/mol. The molecule has 0 atom stereocenters. The second-order valence-electron chi connectivity index (χ2n) is 2.52. The van der Waals surface area contributed by atoms with Crippen LogP contribution in [0.4, 0.5) is 11.4 Å². The first kappa shape index (κ1) is 8.83. The molecule has 0 saturated carbocycles. The number of nitro benzene ring substituents is 1. The quantitative estimate of drug-likeness (QED) is 0.623. The Kier molecular flexibility index (Phi) is 2.17. The van der Waals surface area contributed by atoms with Crippen molar-refractivity contribution < 1.29 is 4.92 Å². The molecule has 68 valence electrons. The Morgan fingerprint density at radius 1 is 1.62 bits per heavy atom. The molecule has 0 bridgehead atoms. The van der Waals surface area contributed by atoms with Gasteiger partial charge in [0.1, 0.15) is 0 Å². The van der Waals surface area contributed by atoms with Gasteiger partial charge in [-0.3, -0.25) is 10.1 Å². The van der Waals surface area contributed by atoms with Gasteiger partial charge in [-0.05, 0) is 22.0 Å². The SMILES string of the molecule is O=[N+]([O-])c1cc2c(cc1Br)SCN2. The van der Waals surface area contributed by atoms with Gasteiger partial charge in [-0.2, -0.15) is 0 Å². The van der Waals surface area contributed by atoms with Gasteiger partial charge in [0, 0.05) is 11.0 Å². The lowest BCUT2D eigenvalue weighted by molar-refractivity contribution is -0.385. The lowest BCUT2D eigenvalue weighted by Gasteiger charge is -1.99. The van der Waals surface area contributed by atoms with Gasteiger partial charge in [0.05, 0.1) is 21.0 Å². The third-order valence-corrected chi connectivity index (χ3v) is 3.31. The first-order chi connectivity index (χ1) is 6.18. The predicted molar refractivity (Wildman–Crippen MR) is 55.1 cm³/mol. The van der Waals surface area contributed by atoms with Crippen LogP contribution in [0, 0.1) is 10.1 Å². The van der Waals surface area contributed by atoms with Gasteiger partial charge in [-0.1, -0.05) is 0 Å². The Hall–Kier alpha value is -0.750. The van der Waals surface area contributed by atoms with Gasteiger partial charge in [0.2, 0.25) is 0 Å². The number of hydrogen-bond acceptors (Lipinski definition) is 4. The summed E-state index contributed by atoms with van der Waals surface area (Å²) in [5.74, 6) is 0.781. The molecule has 0 aliphatic carbocycles. The Labute approximate surface area is 87.0 Å². The number of halogens is 1. The maximum atomic E-state index is 10.6. The molecule has 1 N–H and O–H groups in total. The summed E-state index contributed by atoms with van der Waals surface area (Å²) in [4.78, 5) is 11.2. The van der Waals surface area contributed by atoms with Crippen LogP contribution in [0.3, 0.4) is 0 Å². The number of hydrogen-bond donors (Lipinski definition) is 1. The first-order valence-electron chi connectivity index (χ1n) is 3.53. The van der Waals surface area contributed by atoms with Crippen molar-refractivity contribution >= 4 is 39.1 Å². The highest BCUT2D eigenvalue weighted by Gasteiger charge is 2.19. The molecular formula is C7H5BrN2O2S. The Bertz CT molecular complexity index is 383. The first-order valence-corrected chi connectivity index (χ1v) is 5.31. The van der Waals surface area contributed by atoms with E-state index in [1.165, 1.54) is 0 Å². The van der Waals surface area contributed by atoms with Crippen LogP contribution in [0.1, 0.15) is 0 Å². The van der Waals surface area contributed by atoms with E-state index in [1.54, 1.807) is 23.9 Å². The van der Waals surface area contributed by atoms with Crippen LogP contribution in [0.25, 0.3) is 0 Å². The lowest BCUT2D eigenvalue weighted by Crippen LogP contribution is -1.92. The van der Waals surface area contributed by atoms with Gasteiger partial charge in [-0.15, -0.1) is 11.8 Å². The topological polar surface area (TPSA) is 55.2 Å². The molecule has 1 aliphatic rings. The molecule has 1 heterocycles. The molecule has 1 aromatic carbocycles. The van der Waals surface area contributed by atoms with Crippen LogP contribution in [0.15, 0.2) is 21.5 Å². The van der Waals surface area contributed by atoms with Gasteiger partial charge < -0.3 is 5.32 Å². The maximum absolute atomic E-state index is 10.6. The Balaban J connectivity index is 2.55. The van der Waals surface area contributed by atoms with Gasteiger partial charge in [0.25, 0.3) is 5.69 Å². The van der Waals surface area contributed by atoms with E-state index in [4.69, 9.17) is 0 Å². The minimum absolute atomic E-state index is 0.105. The van der Waals surface area contributed by atoms with Crippen molar-refractivity contribution in [3.63, 3.8) is 0 Å². The second-order valence-corrected chi connectivity index (χ2v) is 4.39. The number of nitrogens with one attached hydrogen (secondary N) is 1. The molecule has 13 heavy (non-hydrogen) atoms. The fraction of sp³-hybridized carbons (Fsp3) is 0.143. The summed E-state index contributed by atoms with van der Waals surface area (Å²) in [6.07, 6.45) is 0. The van der Waals surface area contributed by atoms with Crippen LogP contribution >= 0.6 is 27.7 Å². The van der Waals surface area contributed by atoms with Crippen LogP contribution < -0.4 is 5.32 Å².